The van der Waals surface area contributed by atoms with E-state index in [1.165, 1.54) is 12.1 Å². The number of piperidine rings is 1. The minimum Gasteiger partial charge on any atom is -0.454 e. The van der Waals surface area contributed by atoms with Gasteiger partial charge in [0.15, 0.2) is 12.4 Å². The molecule has 158 valence electrons. The van der Waals surface area contributed by atoms with Crippen LogP contribution < -0.4 is 4.90 Å². The predicted molar refractivity (Wildman–Crippen MR) is 114 cm³/mol. The Morgan fingerprint density at radius 2 is 1.73 bits per heavy atom. The molecule has 0 aromatic heterocycles. The van der Waals surface area contributed by atoms with Crippen molar-refractivity contribution in [2.75, 3.05) is 24.6 Å². The van der Waals surface area contributed by atoms with Gasteiger partial charge < -0.3 is 9.64 Å². The molecule has 2 aromatic carbocycles. The van der Waals surface area contributed by atoms with Gasteiger partial charge in [0, 0.05) is 24.7 Å². The van der Waals surface area contributed by atoms with Crippen LogP contribution in [0.4, 0.5) is 11.4 Å². The van der Waals surface area contributed by atoms with Crippen LogP contribution in [0.3, 0.4) is 0 Å². The van der Waals surface area contributed by atoms with E-state index in [4.69, 9.17) is 4.74 Å². The third kappa shape index (κ3) is 5.03. The average molecular weight is 410 g/mol. The minimum atomic E-state index is -0.754. The van der Waals surface area contributed by atoms with Gasteiger partial charge in [-0.1, -0.05) is 38.1 Å². The minimum absolute atomic E-state index is 0.0601. The van der Waals surface area contributed by atoms with Gasteiger partial charge in [-0.25, -0.2) is 4.79 Å². The molecule has 7 heteroatoms. The van der Waals surface area contributed by atoms with Crippen LogP contribution in [-0.4, -0.2) is 36.4 Å². The Morgan fingerprint density at radius 3 is 2.33 bits per heavy atom. The quantitative estimate of drug-likeness (QED) is 0.290. The largest absolute Gasteiger partial charge is 0.454 e. The standard InChI is InChI=1S/C23H26N2O5/c1-3-17-4-6-18(7-5-17)22(26)15-30-23(27)19-8-9-20(21(14-19)25(28)29)24-12-10-16(2)11-13-24/h4-9,14,16H,3,10-13,15H2,1-2H3. The maximum Gasteiger partial charge on any atom is 0.338 e. The van der Waals surface area contributed by atoms with E-state index in [0.717, 1.165) is 37.9 Å². The zero-order valence-corrected chi connectivity index (χ0v) is 17.3. The summed E-state index contributed by atoms with van der Waals surface area (Å²) in [4.78, 5) is 37.7. The summed E-state index contributed by atoms with van der Waals surface area (Å²) >= 11 is 0. The molecule has 0 aliphatic carbocycles. The highest BCUT2D eigenvalue weighted by atomic mass is 16.6. The van der Waals surface area contributed by atoms with Crippen molar-refractivity contribution in [2.24, 2.45) is 5.92 Å². The van der Waals surface area contributed by atoms with E-state index >= 15 is 0 Å². The number of hydrogen-bond donors (Lipinski definition) is 0. The van der Waals surface area contributed by atoms with Crippen LogP contribution in [0, 0.1) is 16.0 Å². The third-order valence-electron chi connectivity index (χ3n) is 5.55. The van der Waals surface area contributed by atoms with E-state index in [1.807, 2.05) is 24.0 Å². The normalized spacial score (nSPS) is 14.4. The number of nitro groups is 1. The molecule has 0 unspecified atom stereocenters. The van der Waals surface area contributed by atoms with Gasteiger partial charge in [-0.3, -0.25) is 14.9 Å². The number of hydrogen-bond acceptors (Lipinski definition) is 6. The van der Waals surface area contributed by atoms with E-state index in [1.54, 1.807) is 18.2 Å². The molecule has 0 radical (unpaired) electrons. The molecule has 0 spiro atoms. The summed E-state index contributed by atoms with van der Waals surface area (Å²) in [6, 6.07) is 11.5. The van der Waals surface area contributed by atoms with Crippen LogP contribution in [0.15, 0.2) is 42.5 Å². The second kappa shape index (κ2) is 9.52. The van der Waals surface area contributed by atoms with Crippen molar-refractivity contribution in [3.8, 4) is 0 Å². The predicted octanol–water partition coefficient (Wildman–Crippen LogP) is 4.43. The molecule has 0 atom stereocenters. The van der Waals surface area contributed by atoms with Gasteiger partial charge in [0.2, 0.25) is 0 Å². The molecule has 1 aliphatic heterocycles. The molecule has 1 aliphatic rings. The fourth-order valence-corrected chi connectivity index (χ4v) is 3.54. The van der Waals surface area contributed by atoms with Gasteiger partial charge in [0.05, 0.1) is 10.5 Å². The summed E-state index contributed by atoms with van der Waals surface area (Å²) in [6.07, 6.45) is 2.82. The maximum absolute atomic E-state index is 12.4. The lowest BCUT2D eigenvalue weighted by molar-refractivity contribution is -0.384. The number of carbonyl (C=O) groups is 2. The molecule has 0 saturated carbocycles. The number of anilines is 1. The first-order valence-corrected chi connectivity index (χ1v) is 10.2. The van der Waals surface area contributed by atoms with Crippen molar-refractivity contribution in [2.45, 2.75) is 33.1 Å². The number of benzene rings is 2. The highest BCUT2D eigenvalue weighted by molar-refractivity contribution is 5.99. The number of Topliss-reactive ketones (excluding diaryl/α,β-unsaturated/α-hetero) is 1. The zero-order valence-electron chi connectivity index (χ0n) is 17.3. The second-order valence-corrected chi connectivity index (χ2v) is 7.68. The molecule has 1 fully saturated rings. The first kappa shape index (κ1) is 21.5. The van der Waals surface area contributed by atoms with Crippen LogP contribution in [0.1, 0.15) is 53.0 Å². The second-order valence-electron chi connectivity index (χ2n) is 7.68. The number of aryl methyl sites for hydroxylation is 1. The van der Waals surface area contributed by atoms with Crippen molar-refractivity contribution in [3.63, 3.8) is 0 Å². The number of carbonyl (C=O) groups excluding carboxylic acids is 2. The highest BCUT2D eigenvalue weighted by Gasteiger charge is 2.25. The van der Waals surface area contributed by atoms with Crippen molar-refractivity contribution in [1.29, 1.82) is 0 Å². The van der Waals surface area contributed by atoms with E-state index in [9.17, 15) is 19.7 Å². The maximum atomic E-state index is 12.4. The van der Waals surface area contributed by atoms with Crippen LogP contribution >= 0.6 is 0 Å². The Bertz CT molecular complexity index is 931. The van der Waals surface area contributed by atoms with Crippen LogP contribution in [-0.2, 0) is 11.2 Å². The van der Waals surface area contributed by atoms with Crippen molar-refractivity contribution >= 4 is 23.1 Å². The molecular formula is C23H26N2O5. The van der Waals surface area contributed by atoms with Crippen LogP contribution in [0.25, 0.3) is 0 Å². The Kier molecular flexibility index (Phi) is 6.82. The summed E-state index contributed by atoms with van der Waals surface area (Å²) in [5.41, 5.74) is 2.01. The number of rotatable bonds is 7. The number of nitro benzene ring substituents is 1. The van der Waals surface area contributed by atoms with Crippen LogP contribution in [0.2, 0.25) is 0 Å². The van der Waals surface area contributed by atoms with Crippen LogP contribution in [0.5, 0.6) is 0 Å². The molecule has 0 N–H and O–H groups in total. The highest BCUT2D eigenvalue weighted by Crippen LogP contribution is 2.32. The van der Waals surface area contributed by atoms with Gasteiger partial charge in [0.1, 0.15) is 5.69 Å². The fourth-order valence-electron chi connectivity index (χ4n) is 3.54. The monoisotopic (exact) mass is 410 g/mol. The lowest BCUT2D eigenvalue weighted by atomic mass is 9.98. The molecule has 0 bridgehead atoms. The zero-order chi connectivity index (χ0) is 21.7. The third-order valence-corrected chi connectivity index (χ3v) is 5.55. The topological polar surface area (TPSA) is 89.8 Å². The van der Waals surface area contributed by atoms with E-state index in [-0.39, 0.29) is 17.0 Å². The smallest absolute Gasteiger partial charge is 0.338 e. The molecule has 7 nitrogen and oxygen atoms in total. The van der Waals surface area contributed by atoms with Gasteiger partial charge in [-0.2, -0.15) is 0 Å². The molecule has 1 saturated heterocycles. The summed E-state index contributed by atoms with van der Waals surface area (Å²) in [7, 11) is 0. The molecular weight excluding hydrogens is 384 g/mol. The van der Waals surface area contributed by atoms with Gasteiger partial charge in [-0.05, 0) is 42.9 Å². The van der Waals surface area contributed by atoms with E-state index in [2.05, 4.69) is 6.92 Å². The first-order chi connectivity index (χ1) is 14.4. The summed E-state index contributed by atoms with van der Waals surface area (Å²) < 4.78 is 5.11. The number of esters is 1. The number of ether oxygens (including phenoxy) is 1. The average Bonchev–Trinajstić information content (AvgIpc) is 2.77. The number of nitrogens with zero attached hydrogens (tertiary/aromatic N) is 2. The molecule has 30 heavy (non-hydrogen) atoms. The van der Waals surface area contributed by atoms with E-state index < -0.39 is 17.5 Å². The molecule has 3 rings (SSSR count). The van der Waals surface area contributed by atoms with Crippen molar-refractivity contribution < 1.29 is 19.2 Å². The fraction of sp³-hybridized carbons (Fsp3) is 0.391. The SMILES string of the molecule is CCc1ccc(C(=O)COC(=O)c2ccc(N3CCC(C)CC3)c([N+](=O)[O-])c2)cc1. The first-order valence-electron chi connectivity index (χ1n) is 10.2. The van der Waals surface area contributed by atoms with Gasteiger partial charge in [0.25, 0.3) is 5.69 Å². The van der Waals surface area contributed by atoms with Crippen molar-refractivity contribution in [1.82, 2.24) is 0 Å². The molecule has 1 heterocycles. The van der Waals surface area contributed by atoms with Gasteiger partial charge in [-0.15, -0.1) is 0 Å². The lowest BCUT2D eigenvalue weighted by Gasteiger charge is -2.31. The molecule has 2 aromatic rings. The Balaban J connectivity index is 1.68. The summed E-state index contributed by atoms with van der Waals surface area (Å²) in [5.74, 6) is -0.472. The summed E-state index contributed by atoms with van der Waals surface area (Å²) in [5, 5.41) is 11.6. The Morgan fingerprint density at radius 1 is 1.10 bits per heavy atom. The molecule has 0 amide bonds. The van der Waals surface area contributed by atoms with Crippen molar-refractivity contribution in [3.05, 3.63) is 69.3 Å². The number of ketones is 1. The summed E-state index contributed by atoms with van der Waals surface area (Å²) in [6.45, 7) is 5.28. The Labute approximate surface area is 175 Å². The van der Waals surface area contributed by atoms with E-state index in [0.29, 0.717) is 17.2 Å². The Hall–Kier alpha value is -3.22. The van der Waals surface area contributed by atoms with Gasteiger partial charge >= 0.3 is 5.97 Å². The lowest BCUT2D eigenvalue weighted by Crippen LogP contribution is -2.33.